The summed E-state index contributed by atoms with van der Waals surface area (Å²) in [7, 11) is -2.18. The SMILES string of the molecule is COc1ccccc1CN(Cc1cccs1)S(=O)(=O)c1ccc(Cl)nc1. The fourth-order valence-electron chi connectivity index (χ4n) is 2.49. The third-order valence-electron chi connectivity index (χ3n) is 3.79. The standard InChI is InChI=1S/C18H17ClN2O3S2/c1-24-17-7-3-2-5-14(17)12-21(13-15-6-4-10-25-15)26(22,23)16-8-9-18(19)20-11-16/h2-11H,12-13H2,1H3. The lowest BCUT2D eigenvalue weighted by Gasteiger charge is -2.22. The zero-order valence-corrected chi connectivity index (χ0v) is 16.4. The molecule has 136 valence electrons. The van der Waals surface area contributed by atoms with Crippen LogP contribution in [-0.4, -0.2) is 24.8 Å². The van der Waals surface area contributed by atoms with Crippen LogP contribution in [0.15, 0.2) is 65.0 Å². The Bertz CT molecular complexity index is 958. The Morgan fingerprint density at radius 3 is 2.58 bits per heavy atom. The molecule has 0 saturated heterocycles. The van der Waals surface area contributed by atoms with E-state index < -0.39 is 10.0 Å². The molecule has 0 aliphatic heterocycles. The molecule has 0 fully saturated rings. The van der Waals surface area contributed by atoms with Gasteiger partial charge in [-0.15, -0.1) is 11.3 Å². The van der Waals surface area contributed by atoms with Crippen molar-refractivity contribution in [3.05, 3.63) is 75.7 Å². The summed E-state index contributed by atoms with van der Waals surface area (Å²) in [5.41, 5.74) is 0.789. The molecule has 0 saturated carbocycles. The van der Waals surface area contributed by atoms with Crippen molar-refractivity contribution in [3.8, 4) is 5.75 Å². The number of nitrogens with zero attached hydrogens (tertiary/aromatic N) is 2. The van der Waals surface area contributed by atoms with Gasteiger partial charge in [0.1, 0.15) is 15.8 Å². The van der Waals surface area contributed by atoms with E-state index in [4.69, 9.17) is 16.3 Å². The maximum absolute atomic E-state index is 13.2. The molecule has 0 unspecified atom stereocenters. The largest absolute Gasteiger partial charge is 0.496 e. The van der Waals surface area contributed by atoms with E-state index in [0.29, 0.717) is 5.75 Å². The number of pyridine rings is 1. The topological polar surface area (TPSA) is 59.5 Å². The summed E-state index contributed by atoms with van der Waals surface area (Å²) in [6.07, 6.45) is 1.28. The molecule has 2 aromatic heterocycles. The average molecular weight is 409 g/mol. The van der Waals surface area contributed by atoms with E-state index >= 15 is 0 Å². The van der Waals surface area contributed by atoms with Crippen molar-refractivity contribution in [3.63, 3.8) is 0 Å². The van der Waals surface area contributed by atoms with Crippen molar-refractivity contribution in [1.82, 2.24) is 9.29 Å². The molecule has 26 heavy (non-hydrogen) atoms. The minimum atomic E-state index is -3.75. The highest BCUT2D eigenvalue weighted by atomic mass is 35.5. The predicted octanol–water partition coefficient (Wildman–Crippen LogP) is 4.20. The van der Waals surface area contributed by atoms with Gasteiger partial charge in [0.25, 0.3) is 0 Å². The van der Waals surface area contributed by atoms with Crippen molar-refractivity contribution < 1.29 is 13.2 Å². The molecule has 0 aliphatic rings. The van der Waals surface area contributed by atoms with E-state index in [1.165, 1.54) is 34.0 Å². The summed E-state index contributed by atoms with van der Waals surface area (Å²) in [4.78, 5) is 4.96. The normalized spacial score (nSPS) is 11.7. The van der Waals surface area contributed by atoms with E-state index in [9.17, 15) is 8.42 Å². The van der Waals surface area contributed by atoms with E-state index in [0.717, 1.165) is 10.4 Å². The zero-order valence-electron chi connectivity index (χ0n) is 14.0. The Morgan fingerprint density at radius 2 is 1.92 bits per heavy atom. The van der Waals surface area contributed by atoms with Crippen LogP contribution in [0, 0.1) is 0 Å². The molecule has 0 bridgehead atoms. The summed E-state index contributed by atoms with van der Waals surface area (Å²) in [6, 6.07) is 14.1. The maximum Gasteiger partial charge on any atom is 0.245 e. The molecule has 1 aromatic carbocycles. The van der Waals surface area contributed by atoms with Crippen LogP contribution in [0.4, 0.5) is 0 Å². The Balaban J connectivity index is 1.98. The third-order valence-corrected chi connectivity index (χ3v) is 6.65. The summed E-state index contributed by atoms with van der Waals surface area (Å²) in [5.74, 6) is 0.646. The van der Waals surface area contributed by atoms with Gasteiger partial charge in [-0.25, -0.2) is 13.4 Å². The van der Waals surface area contributed by atoms with Gasteiger partial charge in [-0.1, -0.05) is 35.9 Å². The number of ether oxygens (including phenoxy) is 1. The van der Waals surface area contributed by atoms with Crippen molar-refractivity contribution in [2.45, 2.75) is 18.0 Å². The van der Waals surface area contributed by atoms with Gasteiger partial charge in [0.05, 0.1) is 7.11 Å². The van der Waals surface area contributed by atoms with Gasteiger partial charge < -0.3 is 4.74 Å². The average Bonchev–Trinajstić information content (AvgIpc) is 3.15. The smallest absolute Gasteiger partial charge is 0.245 e. The molecule has 2 heterocycles. The molecule has 0 aliphatic carbocycles. The molecule has 8 heteroatoms. The number of hydrogen-bond acceptors (Lipinski definition) is 5. The van der Waals surface area contributed by atoms with Crippen molar-refractivity contribution in [2.75, 3.05) is 7.11 Å². The van der Waals surface area contributed by atoms with Crippen LogP contribution in [0.5, 0.6) is 5.75 Å². The first-order valence-corrected chi connectivity index (χ1v) is 10.5. The highest BCUT2D eigenvalue weighted by Crippen LogP contribution is 2.26. The highest BCUT2D eigenvalue weighted by Gasteiger charge is 2.26. The number of hydrogen-bond donors (Lipinski definition) is 0. The molecule has 0 spiro atoms. The van der Waals surface area contributed by atoms with Crippen LogP contribution in [0.2, 0.25) is 5.15 Å². The quantitative estimate of drug-likeness (QED) is 0.550. The monoisotopic (exact) mass is 408 g/mol. The lowest BCUT2D eigenvalue weighted by atomic mass is 10.2. The van der Waals surface area contributed by atoms with Crippen LogP contribution < -0.4 is 4.74 Å². The number of methoxy groups -OCH3 is 1. The number of sulfonamides is 1. The van der Waals surface area contributed by atoms with Crippen molar-refractivity contribution >= 4 is 33.0 Å². The molecular weight excluding hydrogens is 392 g/mol. The van der Waals surface area contributed by atoms with E-state index in [1.807, 2.05) is 41.8 Å². The number of para-hydroxylation sites is 1. The fraction of sp³-hybridized carbons (Fsp3) is 0.167. The molecule has 5 nitrogen and oxygen atoms in total. The minimum absolute atomic E-state index is 0.105. The molecule has 0 radical (unpaired) electrons. The van der Waals surface area contributed by atoms with Gasteiger partial charge >= 0.3 is 0 Å². The summed E-state index contributed by atoms with van der Waals surface area (Å²) >= 11 is 7.30. The van der Waals surface area contributed by atoms with Gasteiger partial charge in [0.2, 0.25) is 10.0 Å². The number of halogens is 1. The van der Waals surface area contributed by atoms with E-state index in [2.05, 4.69) is 4.98 Å². The van der Waals surface area contributed by atoms with Gasteiger partial charge in [0.15, 0.2) is 0 Å². The predicted molar refractivity (Wildman–Crippen MR) is 103 cm³/mol. The lowest BCUT2D eigenvalue weighted by Crippen LogP contribution is -2.30. The first-order valence-electron chi connectivity index (χ1n) is 7.76. The molecular formula is C18H17ClN2O3S2. The summed E-state index contributed by atoms with van der Waals surface area (Å²) in [5, 5.41) is 2.17. The van der Waals surface area contributed by atoms with Crippen molar-refractivity contribution in [1.29, 1.82) is 0 Å². The second-order valence-electron chi connectivity index (χ2n) is 5.48. The van der Waals surface area contributed by atoms with Gasteiger partial charge in [-0.2, -0.15) is 4.31 Å². The van der Waals surface area contributed by atoms with Gasteiger partial charge in [0, 0.05) is 29.7 Å². The van der Waals surface area contributed by atoms with Gasteiger partial charge in [-0.05, 0) is 29.6 Å². The van der Waals surface area contributed by atoms with E-state index in [-0.39, 0.29) is 23.1 Å². The van der Waals surface area contributed by atoms with Crippen LogP contribution in [-0.2, 0) is 23.1 Å². The minimum Gasteiger partial charge on any atom is -0.496 e. The second-order valence-corrected chi connectivity index (χ2v) is 8.84. The molecule has 0 N–H and O–H groups in total. The van der Waals surface area contributed by atoms with E-state index in [1.54, 1.807) is 7.11 Å². The third kappa shape index (κ3) is 4.24. The molecule has 3 rings (SSSR count). The second kappa shape index (κ2) is 8.18. The maximum atomic E-state index is 13.2. The number of rotatable bonds is 7. The summed E-state index contributed by atoms with van der Waals surface area (Å²) in [6.45, 7) is 0.452. The Hall–Kier alpha value is -1.93. The molecule has 0 amide bonds. The Labute approximate surface area is 161 Å². The van der Waals surface area contributed by atoms with Crippen LogP contribution in [0.25, 0.3) is 0 Å². The van der Waals surface area contributed by atoms with Crippen molar-refractivity contribution in [2.24, 2.45) is 0 Å². The Kier molecular flexibility index (Phi) is 5.93. The number of thiophene rings is 1. The number of aromatic nitrogens is 1. The van der Waals surface area contributed by atoms with Crippen LogP contribution >= 0.6 is 22.9 Å². The molecule has 0 atom stereocenters. The van der Waals surface area contributed by atoms with Gasteiger partial charge in [-0.3, -0.25) is 0 Å². The van der Waals surface area contributed by atoms with Crippen LogP contribution in [0.3, 0.4) is 0 Å². The zero-order chi connectivity index (χ0) is 18.6. The Morgan fingerprint density at radius 1 is 1.12 bits per heavy atom. The summed E-state index contributed by atoms with van der Waals surface area (Å²) < 4.78 is 33.1. The lowest BCUT2D eigenvalue weighted by molar-refractivity contribution is 0.377. The number of benzene rings is 1. The molecule has 3 aromatic rings. The first kappa shape index (κ1) is 18.8. The highest BCUT2D eigenvalue weighted by molar-refractivity contribution is 7.89. The first-order chi connectivity index (χ1) is 12.5. The van der Waals surface area contributed by atoms with Crippen LogP contribution in [0.1, 0.15) is 10.4 Å². The fourth-order valence-corrected chi connectivity index (χ4v) is 4.74.